The van der Waals surface area contributed by atoms with Gasteiger partial charge in [-0.15, -0.1) is 0 Å². The molecule has 1 aromatic heterocycles. The number of benzene rings is 3. The number of fused-ring (bicyclic) bond motifs is 1. The molecule has 3 aromatic carbocycles. The summed E-state index contributed by atoms with van der Waals surface area (Å²) in [5.74, 6) is -1.44. The summed E-state index contributed by atoms with van der Waals surface area (Å²) in [4.78, 5) is 29.1. The fraction of sp³-hybridized carbons (Fsp3) is 0.0800. The maximum absolute atomic E-state index is 13.2. The Morgan fingerprint density at radius 3 is 2.42 bits per heavy atom. The van der Waals surface area contributed by atoms with E-state index in [4.69, 9.17) is 4.74 Å². The van der Waals surface area contributed by atoms with E-state index >= 15 is 0 Å². The lowest BCUT2D eigenvalue weighted by Crippen LogP contribution is -2.20. The third-order valence-electron chi connectivity index (χ3n) is 5.01. The number of urea groups is 1. The largest absolute Gasteiger partial charge is 0.505 e. The third kappa shape index (κ3) is 4.90. The highest BCUT2D eigenvalue weighted by atomic mass is 19.1. The van der Waals surface area contributed by atoms with Gasteiger partial charge in [0.2, 0.25) is 0 Å². The predicted octanol–water partition coefficient (Wildman–Crippen LogP) is 5.10. The molecule has 8 heteroatoms. The molecule has 0 radical (unpaired) electrons. The lowest BCUT2D eigenvalue weighted by Gasteiger charge is -2.14. The van der Waals surface area contributed by atoms with Crippen LogP contribution < -0.4 is 10.6 Å². The van der Waals surface area contributed by atoms with Gasteiger partial charge in [-0.3, -0.25) is 4.98 Å². The number of phenolic OH excluding ortho intramolecular Hbond substituents is 1. The first-order valence-corrected chi connectivity index (χ1v) is 10.0. The summed E-state index contributed by atoms with van der Waals surface area (Å²) < 4.78 is 18.0. The van der Waals surface area contributed by atoms with E-state index in [0.29, 0.717) is 17.5 Å². The molecule has 0 aliphatic heterocycles. The SMILES string of the molecule is COC(=O)c1cc(NC(=O)Nc2ccccc2)c2cc(Cc3ccc(F)cc3)cnc2c1O. The molecule has 33 heavy (non-hydrogen) atoms. The average Bonchev–Trinajstić information content (AvgIpc) is 2.82. The predicted molar refractivity (Wildman–Crippen MR) is 123 cm³/mol. The number of carbonyl (C=O) groups is 2. The molecule has 0 unspecified atom stereocenters. The van der Waals surface area contributed by atoms with E-state index in [0.717, 1.165) is 11.1 Å². The monoisotopic (exact) mass is 445 g/mol. The standard InChI is InChI=1S/C25H20FN3O4/c1-33-24(31)20-13-21(29-25(32)28-18-5-3-2-4-6-18)19-12-16(14-27-22(19)23(20)30)11-15-7-9-17(26)10-8-15/h2-10,12-14,30H,11H2,1H3,(H2,28,29,32). The van der Waals surface area contributed by atoms with Crippen molar-refractivity contribution >= 4 is 34.3 Å². The molecular formula is C25H20FN3O4. The van der Waals surface area contributed by atoms with Crippen molar-refractivity contribution in [1.29, 1.82) is 0 Å². The molecular weight excluding hydrogens is 425 g/mol. The molecule has 1 heterocycles. The number of nitrogens with zero attached hydrogens (tertiary/aromatic N) is 1. The maximum atomic E-state index is 13.2. The molecule has 0 aliphatic carbocycles. The van der Waals surface area contributed by atoms with Crippen LogP contribution in [0.1, 0.15) is 21.5 Å². The lowest BCUT2D eigenvalue weighted by atomic mass is 10.0. The van der Waals surface area contributed by atoms with Crippen LogP contribution in [0.15, 0.2) is 72.9 Å². The number of nitrogens with one attached hydrogen (secondary N) is 2. The van der Waals surface area contributed by atoms with Gasteiger partial charge in [-0.25, -0.2) is 14.0 Å². The number of para-hydroxylation sites is 1. The number of carbonyl (C=O) groups excluding carboxylic acids is 2. The second kappa shape index (κ2) is 9.35. The first-order valence-electron chi connectivity index (χ1n) is 10.0. The lowest BCUT2D eigenvalue weighted by molar-refractivity contribution is 0.0597. The van der Waals surface area contributed by atoms with E-state index in [1.54, 1.807) is 48.7 Å². The number of anilines is 2. The van der Waals surface area contributed by atoms with Crippen molar-refractivity contribution in [3.05, 3.63) is 95.4 Å². The van der Waals surface area contributed by atoms with Crippen LogP contribution in [-0.4, -0.2) is 29.2 Å². The summed E-state index contributed by atoms with van der Waals surface area (Å²) in [5, 5.41) is 16.5. The van der Waals surface area contributed by atoms with Gasteiger partial charge >= 0.3 is 12.0 Å². The Morgan fingerprint density at radius 1 is 1.00 bits per heavy atom. The van der Waals surface area contributed by atoms with Gasteiger partial charge in [-0.2, -0.15) is 0 Å². The van der Waals surface area contributed by atoms with Crippen molar-refractivity contribution in [3.63, 3.8) is 0 Å². The highest BCUT2D eigenvalue weighted by molar-refractivity contribution is 6.10. The highest BCUT2D eigenvalue weighted by Crippen LogP contribution is 2.35. The van der Waals surface area contributed by atoms with E-state index in [1.165, 1.54) is 25.3 Å². The van der Waals surface area contributed by atoms with Crippen molar-refractivity contribution < 1.29 is 23.8 Å². The van der Waals surface area contributed by atoms with Crippen LogP contribution in [0.25, 0.3) is 10.9 Å². The van der Waals surface area contributed by atoms with E-state index in [1.807, 2.05) is 6.07 Å². The van der Waals surface area contributed by atoms with Gasteiger partial charge in [0.15, 0.2) is 5.75 Å². The molecule has 2 amide bonds. The average molecular weight is 445 g/mol. The van der Waals surface area contributed by atoms with Gasteiger partial charge in [-0.05, 0) is 53.9 Å². The molecule has 0 fully saturated rings. The summed E-state index contributed by atoms with van der Waals surface area (Å²) >= 11 is 0. The van der Waals surface area contributed by atoms with E-state index in [-0.39, 0.29) is 28.3 Å². The Labute approximate surface area is 188 Å². The number of phenols is 1. The van der Waals surface area contributed by atoms with Crippen LogP contribution in [0, 0.1) is 5.82 Å². The second-order valence-corrected chi connectivity index (χ2v) is 7.30. The minimum absolute atomic E-state index is 0.126. The zero-order valence-corrected chi connectivity index (χ0v) is 17.6. The van der Waals surface area contributed by atoms with Gasteiger partial charge in [0, 0.05) is 17.3 Å². The van der Waals surface area contributed by atoms with Crippen LogP contribution in [0.5, 0.6) is 5.75 Å². The molecule has 0 aliphatic rings. The van der Waals surface area contributed by atoms with Crippen molar-refractivity contribution in [2.75, 3.05) is 17.7 Å². The number of amides is 2. The Morgan fingerprint density at radius 2 is 1.73 bits per heavy atom. The number of methoxy groups -OCH3 is 1. The normalized spacial score (nSPS) is 10.6. The highest BCUT2D eigenvalue weighted by Gasteiger charge is 2.20. The molecule has 0 bridgehead atoms. The van der Waals surface area contributed by atoms with Crippen molar-refractivity contribution in [2.24, 2.45) is 0 Å². The first kappa shape index (κ1) is 21.8. The smallest absolute Gasteiger partial charge is 0.341 e. The van der Waals surface area contributed by atoms with Gasteiger partial charge in [0.25, 0.3) is 0 Å². The quantitative estimate of drug-likeness (QED) is 0.293. The Kier molecular flexibility index (Phi) is 6.17. The number of ether oxygens (including phenoxy) is 1. The molecule has 3 N–H and O–H groups in total. The van der Waals surface area contributed by atoms with E-state index < -0.39 is 12.0 Å². The number of pyridine rings is 1. The zero-order chi connectivity index (χ0) is 23.4. The van der Waals surface area contributed by atoms with Crippen LogP contribution in [0.3, 0.4) is 0 Å². The van der Waals surface area contributed by atoms with Gasteiger partial charge in [0.1, 0.15) is 16.9 Å². The minimum Gasteiger partial charge on any atom is -0.505 e. The number of hydrogen-bond donors (Lipinski definition) is 3. The second-order valence-electron chi connectivity index (χ2n) is 7.30. The number of aromatic hydroxyl groups is 1. The van der Waals surface area contributed by atoms with E-state index in [2.05, 4.69) is 15.6 Å². The summed E-state index contributed by atoms with van der Waals surface area (Å²) in [5.41, 5.74) is 2.50. The Bertz CT molecular complexity index is 1330. The summed E-state index contributed by atoms with van der Waals surface area (Å²) in [6.45, 7) is 0. The Hall–Kier alpha value is -4.46. The molecule has 0 spiro atoms. The number of rotatable bonds is 5. The van der Waals surface area contributed by atoms with Crippen molar-refractivity contribution in [1.82, 2.24) is 4.98 Å². The fourth-order valence-corrected chi connectivity index (χ4v) is 3.43. The van der Waals surface area contributed by atoms with E-state index in [9.17, 15) is 19.1 Å². The zero-order valence-electron chi connectivity index (χ0n) is 17.6. The van der Waals surface area contributed by atoms with Gasteiger partial charge < -0.3 is 20.5 Å². The van der Waals surface area contributed by atoms with Crippen molar-refractivity contribution in [3.8, 4) is 5.75 Å². The van der Waals surface area contributed by atoms with Crippen molar-refractivity contribution in [2.45, 2.75) is 6.42 Å². The van der Waals surface area contributed by atoms with Crippen LogP contribution >= 0.6 is 0 Å². The molecule has 0 saturated heterocycles. The Balaban J connectivity index is 1.73. The number of aromatic nitrogens is 1. The molecule has 7 nitrogen and oxygen atoms in total. The minimum atomic E-state index is -0.766. The van der Waals surface area contributed by atoms with Crippen LogP contribution in [-0.2, 0) is 11.2 Å². The van der Waals surface area contributed by atoms with Gasteiger partial charge in [0.05, 0.1) is 12.8 Å². The molecule has 0 atom stereocenters. The topological polar surface area (TPSA) is 101 Å². The summed E-state index contributed by atoms with van der Waals surface area (Å²) in [6, 6.07) is 17.5. The summed E-state index contributed by atoms with van der Waals surface area (Å²) in [7, 11) is 1.19. The molecule has 4 rings (SSSR count). The molecule has 0 saturated carbocycles. The fourth-order valence-electron chi connectivity index (χ4n) is 3.43. The summed E-state index contributed by atoms with van der Waals surface area (Å²) in [6.07, 6.45) is 2.01. The number of hydrogen-bond acceptors (Lipinski definition) is 5. The first-order chi connectivity index (χ1) is 15.9. The third-order valence-corrected chi connectivity index (χ3v) is 5.01. The molecule has 4 aromatic rings. The van der Waals surface area contributed by atoms with Crippen LogP contribution in [0.4, 0.5) is 20.6 Å². The van der Waals surface area contributed by atoms with Gasteiger partial charge in [-0.1, -0.05) is 30.3 Å². The molecule has 166 valence electrons. The van der Waals surface area contributed by atoms with Crippen LogP contribution in [0.2, 0.25) is 0 Å². The maximum Gasteiger partial charge on any atom is 0.341 e. The number of esters is 1. The number of halogens is 1.